The molecule has 0 aromatic rings. The number of carbonyl (C=O) groups is 1. The molecule has 0 aromatic heterocycles. The highest BCUT2D eigenvalue weighted by atomic mass is 16.5. The van der Waals surface area contributed by atoms with Crippen LogP contribution in [0.15, 0.2) is 0 Å². The van der Waals surface area contributed by atoms with E-state index < -0.39 is 0 Å². The summed E-state index contributed by atoms with van der Waals surface area (Å²) in [6, 6.07) is 0. The van der Waals surface area contributed by atoms with Gasteiger partial charge in [0.25, 0.3) is 0 Å². The average Bonchev–Trinajstić information content (AvgIpc) is 2.18. The van der Waals surface area contributed by atoms with Crippen LogP contribution in [0.4, 0.5) is 0 Å². The topological polar surface area (TPSA) is 35.5 Å². The Kier molecular flexibility index (Phi) is 4.22. The number of carbonyl (C=O) groups excluding carboxylic acids is 1. The number of methoxy groups -OCH3 is 1. The summed E-state index contributed by atoms with van der Waals surface area (Å²) in [6.07, 6.45) is 4.53. The van der Waals surface area contributed by atoms with Crippen molar-refractivity contribution in [1.29, 1.82) is 0 Å². The Balaban J connectivity index is 2.25. The van der Waals surface area contributed by atoms with Gasteiger partial charge in [-0.3, -0.25) is 4.79 Å². The molecule has 1 aliphatic rings. The van der Waals surface area contributed by atoms with Crippen molar-refractivity contribution < 1.29 is 14.3 Å². The molecule has 0 aliphatic carbocycles. The first-order valence-electron chi connectivity index (χ1n) is 4.93. The second kappa shape index (κ2) is 5.22. The van der Waals surface area contributed by atoms with E-state index in [4.69, 9.17) is 4.74 Å². The molecule has 0 radical (unpaired) electrons. The highest BCUT2D eigenvalue weighted by Crippen LogP contribution is 2.20. The molecule has 1 fully saturated rings. The van der Waals surface area contributed by atoms with Crippen molar-refractivity contribution in [3.63, 3.8) is 0 Å². The van der Waals surface area contributed by atoms with E-state index >= 15 is 0 Å². The van der Waals surface area contributed by atoms with Crippen molar-refractivity contribution in [3.8, 4) is 0 Å². The van der Waals surface area contributed by atoms with Gasteiger partial charge in [0.15, 0.2) is 0 Å². The summed E-state index contributed by atoms with van der Waals surface area (Å²) in [5.74, 6) is -0.165. The molecule has 1 aliphatic heterocycles. The summed E-state index contributed by atoms with van der Waals surface area (Å²) in [4.78, 5) is 11.1. The zero-order valence-corrected chi connectivity index (χ0v) is 8.41. The first-order valence-corrected chi connectivity index (χ1v) is 4.93. The molecule has 3 nitrogen and oxygen atoms in total. The van der Waals surface area contributed by atoms with E-state index in [2.05, 4.69) is 4.74 Å². The van der Waals surface area contributed by atoms with Gasteiger partial charge in [-0.15, -0.1) is 0 Å². The summed E-state index contributed by atoms with van der Waals surface area (Å²) in [5.41, 5.74) is 0. The van der Waals surface area contributed by atoms with E-state index in [0.29, 0.717) is 0 Å². The third-order valence-corrected chi connectivity index (χ3v) is 2.49. The third-order valence-electron chi connectivity index (χ3n) is 2.49. The van der Waals surface area contributed by atoms with Gasteiger partial charge >= 0.3 is 5.97 Å². The fraction of sp³-hybridized carbons (Fsp3) is 0.900. The summed E-state index contributed by atoms with van der Waals surface area (Å²) in [6.45, 7) is 2.74. The lowest BCUT2D eigenvalue weighted by Crippen LogP contribution is -2.25. The van der Waals surface area contributed by atoms with Crippen molar-refractivity contribution in [2.45, 2.75) is 38.7 Å². The Morgan fingerprint density at radius 1 is 1.62 bits per heavy atom. The van der Waals surface area contributed by atoms with Crippen LogP contribution in [0.1, 0.15) is 32.6 Å². The van der Waals surface area contributed by atoms with E-state index in [9.17, 15) is 4.79 Å². The smallest absolute Gasteiger partial charge is 0.308 e. The largest absolute Gasteiger partial charge is 0.469 e. The molecular formula is C10H18O3. The monoisotopic (exact) mass is 186 g/mol. The van der Waals surface area contributed by atoms with Crippen LogP contribution in [0.3, 0.4) is 0 Å². The second-order valence-corrected chi connectivity index (χ2v) is 3.65. The van der Waals surface area contributed by atoms with Crippen molar-refractivity contribution in [2.24, 2.45) is 5.92 Å². The van der Waals surface area contributed by atoms with Crippen LogP contribution >= 0.6 is 0 Å². The van der Waals surface area contributed by atoms with Gasteiger partial charge < -0.3 is 9.47 Å². The zero-order chi connectivity index (χ0) is 9.68. The predicted octanol–water partition coefficient (Wildman–Crippen LogP) is 1.75. The Bertz CT molecular complexity index is 162. The third kappa shape index (κ3) is 3.35. The highest BCUT2D eigenvalue weighted by Gasteiger charge is 2.21. The number of rotatable bonds is 3. The van der Waals surface area contributed by atoms with Gasteiger partial charge in [-0.2, -0.15) is 0 Å². The predicted molar refractivity (Wildman–Crippen MR) is 49.4 cm³/mol. The van der Waals surface area contributed by atoms with Gasteiger partial charge in [0.1, 0.15) is 0 Å². The molecule has 76 valence electrons. The molecule has 13 heavy (non-hydrogen) atoms. The van der Waals surface area contributed by atoms with Crippen molar-refractivity contribution in [2.75, 3.05) is 13.7 Å². The van der Waals surface area contributed by atoms with E-state index in [1.54, 1.807) is 0 Å². The molecule has 0 N–H and O–H groups in total. The van der Waals surface area contributed by atoms with Crippen molar-refractivity contribution >= 4 is 5.97 Å². The Morgan fingerprint density at radius 2 is 2.38 bits per heavy atom. The van der Waals surface area contributed by atoms with E-state index in [1.165, 1.54) is 13.5 Å². The lowest BCUT2D eigenvalue weighted by Gasteiger charge is -2.24. The minimum atomic E-state index is -0.130. The van der Waals surface area contributed by atoms with Crippen molar-refractivity contribution in [1.82, 2.24) is 0 Å². The SMILES string of the molecule is COC(=O)C(C)CC1CCCCO1. The summed E-state index contributed by atoms with van der Waals surface area (Å²) in [7, 11) is 1.43. The van der Waals surface area contributed by atoms with Crippen LogP contribution in [0, 0.1) is 5.92 Å². The highest BCUT2D eigenvalue weighted by molar-refractivity contribution is 5.71. The minimum Gasteiger partial charge on any atom is -0.469 e. The van der Waals surface area contributed by atoms with Gasteiger partial charge in [0, 0.05) is 6.61 Å². The van der Waals surface area contributed by atoms with Gasteiger partial charge in [0.2, 0.25) is 0 Å². The quantitative estimate of drug-likeness (QED) is 0.630. The summed E-state index contributed by atoms with van der Waals surface area (Å²) >= 11 is 0. The van der Waals surface area contributed by atoms with Crippen LogP contribution in [-0.2, 0) is 14.3 Å². The maximum atomic E-state index is 11.1. The first kappa shape index (κ1) is 10.5. The average molecular weight is 186 g/mol. The van der Waals surface area contributed by atoms with Crippen LogP contribution in [0.5, 0.6) is 0 Å². The van der Waals surface area contributed by atoms with Gasteiger partial charge in [-0.1, -0.05) is 6.92 Å². The molecular weight excluding hydrogens is 168 g/mol. The fourth-order valence-electron chi connectivity index (χ4n) is 1.69. The van der Waals surface area contributed by atoms with Gasteiger partial charge in [-0.25, -0.2) is 0 Å². The van der Waals surface area contributed by atoms with Gasteiger partial charge in [-0.05, 0) is 25.7 Å². The molecule has 0 aromatic carbocycles. The molecule has 2 atom stereocenters. The lowest BCUT2D eigenvalue weighted by molar-refractivity contribution is -0.146. The van der Waals surface area contributed by atoms with Crippen LogP contribution in [-0.4, -0.2) is 25.8 Å². The van der Waals surface area contributed by atoms with E-state index in [0.717, 1.165) is 25.9 Å². The maximum Gasteiger partial charge on any atom is 0.308 e. The summed E-state index contributed by atoms with van der Waals surface area (Å²) in [5, 5.41) is 0. The zero-order valence-electron chi connectivity index (χ0n) is 8.41. The van der Waals surface area contributed by atoms with Crippen molar-refractivity contribution in [3.05, 3.63) is 0 Å². The molecule has 0 bridgehead atoms. The van der Waals surface area contributed by atoms with E-state index in [-0.39, 0.29) is 18.0 Å². The number of esters is 1. The fourth-order valence-corrected chi connectivity index (χ4v) is 1.69. The molecule has 3 heteroatoms. The molecule has 0 saturated carbocycles. The molecule has 1 heterocycles. The minimum absolute atomic E-state index is 0.0342. The Labute approximate surface area is 79.4 Å². The first-order chi connectivity index (χ1) is 6.24. The van der Waals surface area contributed by atoms with Crippen LogP contribution in [0.25, 0.3) is 0 Å². The Hall–Kier alpha value is -0.570. The molecule has 1 saturated heterocycles. The maximum absolute atomic E-state index is 11.1. The molecule has 0 spiro atoms. The number of ether oxygens (including phenoxy) is 2. The molecule has 0 amide bonds. The van der Waals surface area contributed by atoms with E-state index in [1.807, 2.05) is 6.92 Å². The number of hydrogen-bond acceptors (Lipinski definition) is 3. The second-order valence-electron chi connectivity index (χ2n) is 3.65. The van der Waals surface area contributed by atoms with Gasteiger partial charge in [0.05, 0.1) is 19.1 Å². The molecule has 1 rings (SSSR count). The Morgan fingerprint density at radius 3 is 2.92 bits per heavy atom. The van der Waals surface area contributed by atoms with Crippen LogP contribution < -0.4 is 0 Å². The number of hydrogen-bond donors (Lipinski definition) is 0. The van der Waals surface area contributed by atoms with Crippen LogP contribution in [0.2, 0.25) is 0 Å². The standard InChI is InChI=1S/C10H18O3/c1-8(10(11)12-2)7-9-5-3-4-6-13-9/h8-9H,3-7H2,1-2H3. The summed E-state index contributed by atoms with van der Waals surface area (Å²) < 4.78 is 10.2. The lowest BCUT2D eigenvalue weighted by atomic mass is 9.98. The normalized spacial score (nSPS) is 25.2. The molecule has 2 unspecified atom stereocenters.